The summed E-state index contributed by atoms with van der Waals surface area (Å²) in [6.45, 7) is 4.33. The molecule has 0 spiro atoms. The number of furan rings is 1. The maximum atomic E-state index is 5.38. The first kappa shape index (κ1) is 11.9. The van der Waals surface area contributed by atoms with Crippen molar-refractivity contribution < 1.29 is 4.42 Å². The largest absolute Gasteiger partial charge is 0.468 e. The number of hydrogen-bond acceptors (Lipinski definition) is 2. The lowest BCUT2D eigenvalue weighted by atomic mass is 10.1. The van der Waals surface area contributed by atoms with E-state index in [2.05, 4.69) is 43.4 Å². The summed E-state index contributed by atoms with van der Waals surface area (Å²) in [6, 6.07) is 15.2. The molecule has 2 aromatic rings. The average molecular weight is 229 g/mol. The highest BCUT2D eigenvalue weighted by Gasteiger charge is 2.11. The lowest BCUT2D eigenvalue weighted by Crippen LogP contribution is -2.30. The monoisotopic (exact) mass is 229 g/mol. The van der Waals surface area contributed by atoms with Crippen LogP contribution in [-0.4, -0.2) is 6.04 Å². The van der Waals surface area contributed by atoms with Crippen LogP contribution in [0.4, 0.5) is 0 Å². The smallest absolute Gasteiger partial charge is 0.120 e. The highest BCUT2D eigenvalue weighted by Crippen LogP contribution is 2.14. The predicted molar refractivity (Wildman–Crippen MR) is 69.9 cm³/mol. The average Bonchev–Trinajstić information content (AvgIpc) is 2.83. The lowest BCUT2D eigenvalue weighted by molar-refractivity contribution is 0.397. The predicted octanol–water partition coefficient (Wildman–Crippen LogP) is 3.56. The zero-order valence-corrected chi connectivity index (χ0v) is 10.4. The van der Waals surface area contributed by atoms with Gasteiger partial charge >= 0.3 is 0 Å². The van der Waals surface area contributed by atoms with Crippen LogP contribution in [0.3, 0.4) is 0 Å². The first-order chi connectivity index (χ1) is 8.25. The van der Waals surface area contributed by atoms with Gasteiger partial charge in [0.25, 0.3) is 0 Å². The molecule has 0 fully saturated rings. The molecule has 0 saturated carbocycles. The summed E-state index contributed by atoms with van der Waals surface area (Å²) in [5.41, 5.74) is 1.36. The first-order valence-corrected chi connectivity index (χ1v) is 6.09. The fraction of sp³-hybridized carbons (Fsp3) is 0.333. The van der Waals surface area contributed by atoms with Crippen molar-refractivity contribution in [2.45, 2.75) is 32.4 Å². The quantitative estimate of drug-likeness (QED) is 0.848. The Bertz CT molecular complexity index is 421. The Morgan fingerprint density at radius 1 is 1.06 bits per heavy atom. The van der Waals surface area contributed by atoms with Gasteiger partial charge in [-0.2, -0.15) is 0 Å². The number of nitrogens with one attached hydrogen (secondary N) is 1. The molecule has 2 nitrogen and oxygen atoms in total. The highest BCUT2D eigenvalue weighted by atomic mass is 16.3. The normalized spacial score (nSPS) is 14.5. The van der Waals surface area contributed by atoms with Crippen LogP contribution < -0.4 is 5.32 Å². The second kappa shape index (κ2) is 5.69. The van der Waals surface area contributed by atoms with Crippen LogP contribution in [0.2, 0.25) is 0 Å². The third-order valence-electron chi connectivity index (χ3n) is 2.89. The molecule has 2 unspecified atom stereocenters. The molecule has 1 heterocycles. The SMILES string of the molecule is CC(Cc1ccccc1)NC(C)c1ccco1. The number of rotatable bonds is 5. The molecule has 0 aliphatic carbocycles. The molecule has 0 radical (unpaired) electrons. The maximum absolute atomic E-state index is 5.38. The van der Waals surface area contributed by atoms with Crippen molar-refractivity contribution in [3.8, 4) is 0 Å². The molecular weight excluding hydrogens is 210 g/mol. The molecular formula is C15H19NO. The van der Waals surface area contributed by atoms with Crippen molar-refractivity contribution in [2.24, 2.45) is 0 Å². The van der Waals surface area contributed by atoms with Gasteiger partial charge in [-0.3, -0.25) is 0 Å². The Hall–Kier alpha value is -1.54. The Kier molecular flexibility index (Phi) is 3.99. The summed E-state index contributed by atoms with van der Waals surface area (Å²) >= 11 is 0. The molecule has 0 aliphatic rings. The number of hydrogen-bond donors (Lipinski definition) is 1. The van der Waals surface area contributed by atoms with E-state index in [9.17, 15) is 0 Å². The molecule has 1 aromatic heterocycles. The molecule has 17 heavy (non-hydrogen) atoms. The van der Waals surface area contributed by atoms with Gasteiger partial charge in [0.2, 0.25) is 0 Å². The molecule has 2 rings (SSSR count). The second-order valence-corrected chi connectivity index (χ2v) is 4.49. The molecule has 0 bridgehead atoms. The summed E-state index contributed by atoms with van der Waals surface area (Å²) in [5, 5.41) is 3.54. The Labute approximate surface area is 103 Å². The molecule has 1 N–H and O–H groups in total. The van der Waals surface area contributed by atoms with Crippen LogP contribution in [0.5, 0.6) is 0 Å². The summed E-state index contributed by atoms with van der Waals surface area (Å²) in [6.07, 6.45) is 2.75. The fourth-order valence-corrected chi connectivity index (χ4v) is 2.07. The Morgan fingerprint density at radius 2 is 1.82 bits per heavy atom. The van der Waals surface area contributed by atoms with Crippen molar-refractivity contribution >= 4 is 0 Å². The maximum Gasteiger partial charge on any atom is 0.120 e. The molecule has 0 amide bonds. The highest BCUT2D eigenvalue weighted by molar-refractivity contribution is 5.16. The van der Waals surface area contributed by atoms with Crippen LogP contribution in [0.15, 0.2) is 53.1 Å². The van der Waals surface area contributed by atoms with Gasteiger partial charge in [0.05, 0.1) is 12.3 Å². The van der Waals surface area contributed by atoms with E-state index in [0.717, 1.165) is 12.2 Å². The van der Waals surface area contributed by atoms with E-state index in [0.29, 0.717) is 6.04 Å². The van der Waals surface area contributed by atoms with Crippen LogP contribution in [0.1, 0.15) is 31.2 Å². The first-order valence-electron chi connectivity index (χ1n) is 6.09. The minimum absolute atomic E-state index is 0.253. The van der Waals surface area contributed by atoms with E-state index in [1.165, 1.54) is 5.56 Å². The Morgan fingerprint density at radius 3 is 2.47 bits per heavy atom. The summed E-state index contributed by atoms with van der Waals surface area (Å²) in [4.78, 5) is 0. The van der Waals surface area contributed by atoms with Crippen molar-refractivity contribution in [2.75, 3.05) is 0 Å². The summed E-state index contributed by atoms with van der Waals surface area (Å²) in [5.74, 6) is 0.991. The van der Waals surface area contributed by atoms with Crippen LogP contribution in [-0.2, 0) is 6.42 Å². The van der Waals surface area contributed by atoms with Crippen molar-refractivity contribution in [3.05, 3.63) is 60.1 Å². The van der Waals surface area contributed by atoms with E-state index in [4.69, 9.17) is 4.42 Å². The molecule has 2 heteroatoms. The molecule has 90 valence electrons. The van der Waals surface area contributed by atoms with Crippen LogP contribution >= 0.6 is 0 Å². The van der Waals surface area contributed by atoms with Gasteiger partial charge in [-0.05, 0) is 38.0 Å². The third-order valence-corrected chi connectivity index (χ3v) is 2.89. The fourth-order valence-electron chi connectivity index (χ4n) is 2.07. The Balaban J connectivity index is 1.87. The van der Waals surface area contributed by atoms with Gasteiger partial charge < -0.3 is 9.73 Å². The van der Waals surface area contributed by atoms with Gasteiger partial charge in [-0.15, -0.1) is 0 Å². The third kappa shape index (κ3) is 3.46. The van der Waals surface area contributed by atoms with Gasteiger partial charge in [0, 0.05) is 6.04 Å². The van der Waals surface area contributed by atoms with Gasteiger partial charge in [0.15, 0.2) is 0 Å². The minimum Gasteiger partial charge on any atom is -0.468 e. The topological polar surface area (TPSA) is 25.2 Å². The van der Waals surface area contributed by atoms with E-state index >= 15 is 0 Å². The van der Waals surface area contributed by atoms with Gasteiger partial charge in [-0.25, -0.2) is 0 Å². The molecule has 1 aromatic carbocycles. The number of benzene rings is 1. The zero-order valence-electron chi connectivity index (χ0n) is 10.4. The summed E-state index contributed by atoms with van der Waals surface area (Å²) < 4.78 is 5.38. The van der Waals surface area contributed by atoms with Crippen LogP contribution in [0, 0.1) is 0 Å². The summed E-state index contributed by atoms with van der Waals surface area (Å²) in [7, 11) is 0. The van der Waals surface area contributed by atoms with E-state index < -0.39 is 0 Å². The van der Waals surface area contributed by atoms with E-state index in [-0.39, 0.29) is 6.04 Å². The van der Waals surface area contributed by atoms with Crippen molar-refractivity contribution in [3.63, 3.8) is 0 Å². The lowest BCUT2D eigenvalue weighted by Gasteiger charge is -2.18. The molecule has 0 aliphatic heterocycles. The second-order valence-electron chi connectivity index (χ2n) is 4.49. The van der Waals surface area contributed by atoms with E-state index in [1.54, 1.807) is 6.26 Å². The zero-order chi connectivity index (χ0) is 12.1. The van der Waals surface area contributed by atoms with Gasteiger partial charge in [-0.1, -0.05) is 30.3 Å². The van der Waals surface area contributed by atoms with Gasteiger partial charge in [0.1, 0.15) is 5.76 Å². The molecule has 2 atom stereocenters. The standard InChI is InChI=1S/C15H19NO/c1-12(11-14-7-4-3-5-8-14)16-13(2)15-9-6-10-17-15/h3-10,12-13,16H,11H2,1-2H3. The van der Waals surface area contributed by atoms with Crippen LogP contribution in [0.25, 0.3) is 0 Å². The van der Waals surface area contributed by atoms with E-state index in [1.807, 2.05) is 18.2 Å². The van der Waals surface area contributed by atoms with Crippen molar-refractivity contribution in [1.29, 1.82) is 0 Å². The van der Waals surface area contributed by atoms with Crippen molar-refractivity contribution in [1.82, 2.24) is 5.32 Å². The minimum atomic E-state index is 0.253. The molecule has 0 saturated heterocycles.